The van der Waals surface area contributed by atoms with Gasteiger partial charge in [-0.3, -0.25) is 4.79 Å². The van der Waals surface area contributed by atoms with E-state index in [9.17, 15) is 4.79 Å². The minimum absolute atomic E-state index is 0.253. The quantitative estimate of drug-likeness (QED) is 0.592. The van der Waals surface area contributed by atoms with Crippen molar-refractivity contribution in [2.24, 2.45) is 7.05 Å². The molecule has 4 aromatic rings. The first-order valence-corrected chi connectivity index (χ1v) is 7.91. The van der Waals surface area contributed by atoms with E-state index in [1.54, 1.807) is 31.3 Å². The van der Waals surface area contributed by atoms with E-state index in [1.807, 2.05) is 24.3 Å². The molecule has 0 saturated heterocycles. The van der Waals surface area contributed by atoms with Crippen LogP contribution in [0.15, 0.2) is 48.5 Å². The summed E-state index contributed by atoms with van der Waals surface area (Å²) in [4.78, 5) is 17.0. The Morgan fingerprint density at radius 2 is 2.04 bits per heavy atom. The molecule has 0 aliphatic carbocycles. The zero-order valence-electron chi connectivity index (χ0n) is 13.2. The third-order valence-corrected chi connectivity index (χ3v) is 4.07. The number of amides is 1. The molecule has 0 radical (unpaired) electrons. The van der Waals surface area contributed by atoms with Crippen LogP contribution in [-0.2, 0) is 7.05 Å². The first kappa shape index (κ1) is 15.3. The van der Waals surface area contributed by atoms with Crippen molar-refractivity contribution in [3.63, 3.8) is 0 Å². The molecule has 124 valence electrons. The molecule has 2 N–H and O–H groups in total. The molecule has 0 atom stereocenters. The highest BCUT2D eigenvalue weighted by molar-refractivity contribution is 6.35. The van der Waals surface area contributed by atoms with Crippen LogP contribution >= 0.6 is 11.6 Å². The number of aromatic nitrogens is 5. The van der Waals surface area contributed by atoms with Crippen LogP contribution < -0.4 is 5.32 Å². The summed E-state index contributed by atoms with van der Waals surface area (Å²) < 4.78 is 0. The molecule has 2 aromatic carbocycles. The van der Waals surface area contributed by atoms with E-state index in [1.165, 1.54) is 4.80 Å². The second-order valence-corrected chi connectivity index (χ2v) is 5.93. The first-order chi connectivity index (χ1) is 12.1. The van der Waals surface area contributed by atoms with Gasteiger partial charge in [0.05, 0.1) is 7.05 Å². The summed E-state index contributed by atoms with van der Waals surface area (Å²) in [5, 5.41) is 16.2. The van der Waals surface area contributed by atoms with Crippen LogP contribution in [0.25, 0.3) is 22.3 Å². The molecule has 0 bridgehead atoms. The van der Waals surface area contributed by atoms with Crippen molar-refractivity contribution in [2.45, 2.75) is 0 Å². The van der Waals surface area contributed by atoms with Gasteiger partial charge in [-0.1, -0.05) is 29.8 Å². The number of rotatable bonds is 3. The zero-order valence-corrected chi connectivity index (χ0v) is 13.9. The summed E-state index contributed by atoms with van der Waals surface area (Å²) in [5.41, 5.74) is 2.66. The summed E-state index contributed by atoms with van der Waals surface area (Å²) in [6.07, 6.45) is 0. The predicted octanol–water partition coefficient (Wildman–Crippen LogP) is 3.26. The van der Waals surface area contributed by atoms with Crippen LogP contribution in [0.1, 0.15) is 10.5 Å². The van der Waals surface area contributed by atoms with Crippen molar-refractivity contribution < 1.29 is 4.79 Å². The Hall–Kier alpha value is -3.19. The van der Waals surface area contributed by atoms with Crippen molar-refractivity contribution >= 4 is 34.1 Å². The monoisotopic (exact) mass is 352 g/mol. The average molecular weight is 353 g/mol. The van der Waals surface area contributed by atoms with E-state index >= 15 is 0 Å². The van der Waals surface area contributed by atoms with Gasteiger partial charge in [0.1, 0.15) is 5.69 Å². The standard InChI is InChI=1S/C17H13ClN6O/c1-24-22-16(21-23-24)10-4-2-5-11(8-10)19-17(25)15-9-12-13(18)6-3-7-14(12)20-15/h2-9,20H,1H3,(H,19,25). The maximum absolute atomic E-state index is 12.5. The number of hydrogen-bond donors (Lipinski definition) is 2. The molecule has 25 heavy (non-hydrogen) atoms. The Balaban J connectivity index is 1.61. The van der Waals surface area contributed by atoms with Crippen LogP contribution in [0.5, 0.6) is 0 Å². The van der Waals surface area contributed by atoms with Gasteiger partial charge in [0.25, 0.3) is 5.91 Å². The number of aromatic amines is 1. The number of nitrogens with zero attached hydrogens (tertiary/aromatic N) is 4. The van der Waals surface area contributed by atoms with Crippen LogP contribution in [0.2, 0.25) is 5.02 Å². The number of benzene rings is 2. The average Bonchev–Trinajstić information content (AvgIpc) is 3.22. The maximum Gasteiger partial charge on any atom is 0.272 e. The fourth-order valence-electron chi connectivity index (χ4n) is 2.57. The van der Waals surface area contributed by atoms with Gasteiger partial charge < -0.3 is 10.3 Å². The van der Waals surface area contributed by atoms with Crippen molar-refractivity contribution in [2.75, 3.05) is 5.32 Å². The van der Waals surface area contributed by atoms with E-state index in [4.69, 9.17) is 11.6 Å². The number of anilines is 1. The smallest absolute Gasteiger partial charge is 0.272 e. The summed E-state index contributed by atoms with van der Waals surface area (Å²) in [7, 11) is 1.70. The summed E-state index contributed by atoms with van der Waals surface area (Å²) in [5.74, 6) is 0.243. The minimum atomic E-state index is -0.253. The van der Waals surface area contributed by atoms with Crippen molar-refractivity contribution in [3.05, 3.63) is 59.2 Å². The summed E-state index contributed by atoms with van der Waals surface area (Å²) in [6, 6.07) is 14.5. The van der Waals surface area contributed by atoms with Gasteiger partial charge in [-0.05, 0) is 35.5 Å². The predicted molar refractivity (Wildman–Crippen MR) is 95.5 cm³/mol. The molecule has 0 aliphatic heterocycles. The minimum Gasteiger partial charge on any atom is -0.350 e. The molecule has 0 spiro atoms. The third-order valence-electron chi connectivity index (χ3n) is 3.74. The summed E-state index contributed by atoms with van der Waals surface area (Å²) in [6.45, 7) is 0. The molecule has 0 saturated carbocycles. The van der Waals surface area contributed by atoms with Crippen molar-refractivity contribution in [1.82, 2.24) is 25.2 Å². The number of tetrazole rings is 1. The van der Waals surface area contributed by atoms with Crippen LogP contribution in [0.3, 0.4) is 0 Å². The van der Waals surface area contributed by atoms with Gasteiger partial charge in [-0.2, -0.15) is 4.80 Å². The van der Waals surface area contributed by atoms with Crippen LogP contribution in [0.4, 0.5) is 5.69 Å². The van der Waals surface area contributed by atoms with Gasteiger partial charge in [0, 0.05) is 27.2 Å². The van der Waals surface area contributed by atoms with Gasteiger partial charge in [-0.25, -0.2) is 0 Å². The lowest BCUT2D eigenvalue weighted by Crippen LogP contribution is -2.12. The van der Waals surface area contributed by atoms with E-state index in [-0.39, 0.29) is 5.91 Å². The van der Waals surface area contributed by atoms with E-state index < -0.39 is 0 Å². The number of hydrogen-bond acceptors (Lipinski definition) is 4. The van der Waals surface area contributed by atoms with E-state index in [0.29, 0.717) is 22.2 Å². The second kappa shape index (κ2) is 6.03. The maximum atomic E-state index is 12.5. The third kappa shape index (κ3) is 2.97. The fraction of sp³-hybridized carbons (Fsp3) is 0.0588. The van der Waals surface area contributed by atoms with Gasteiger partial charge in [0.2, 0.25) is 5.82 Å². The molecule has 4 rings (SSSR count). The van der Waals surface area contributed by atoms with Crippen LogP contribution in [0, 0.1) is 0 Å². The molecular formula is C17H13ClN6O. The number of aryl methyl sites for hydroxylation is 1. The molecular weight excluding hydrogens is 340 g/mol. The molecule has 0 aliphatic rings. The first-order valence-electron chi connectivity index (χ1n) is 7.53. The molecule has 0 unspecified atom stereocenters. The lowest BCUT2D eigenvalue weighted by molar-refractivity contribution is 0.102. The lowest BCUT2D eigenvalue weighted by Gasteiger charge is -2.04. The van der Waals surface area contributed by atoms with Crippen LogP contribution in [-0.4, -0.2) is 31.1 Å². The van der Waals surface area contributed by atoms with E-state index in [2.05, 4.69) is 25.7 Å². The highest BCUT2D eigenvalue weighted by Crippen LogP contribution is 2.25. The topological polar surface area (TPSA) is 88.5 Å². The normalized spacial score (nSPS) is 11.0. The highest BCUT2D eigenvalue weighted by atomic mass is 35.5. The van der Waals surface area contributed by atoms with Crippen molar-refractivity contribution in [1.29, 1.82) is 0 Å². The summed E-state index contributed by atoms with van der Waals surface area (Å²) >= 11 is 6.15. The number of nitrogens with one attached hydrogen (secondary N) is 2. The number of H-pyrrole nitrogens is 1. The largest absolute Gasteiger partial charge is 0.350 e. The van der Waals surface area contributed by atoms with Crippen molar-refractivity contribution in [3.8, 4) is 11.4 Å². The van der Waals surface area contributed by atoms with E-state index in [0.717, 1.165) is 16.5 Å². The number of halogens is 1. The Morgan fingerprint density at radius 3 is 2.80 bits per heavy atom. The number of carbonyl (C=O) groups is 1. The SMILES string of the molecule is Cn1nnc(-c2cccc(NC(=O)c3cc4c(Cl)cccc4[nH]3)c2)n1. The highest BCUT2D eigenvalue weighted by Gasteiger charge is 2.12. The Bertz CT molecular complexity index is 1080. The molecule has 7 nitrogen and oxygen atoms in total. The Morgan fingerprint density at radius 1 is 1.20 bits per heavy atom. The number of carbonyl (C=O) groups excluding carboxylic acids is 1. The van der Waals surface area contributed by atoms with Gasteiger partial charge in [0.15, 0.2) is 0 Å². The second-order valence-electron chi connectivity index (χ2n) is 5.52. The van der Waals surface area contributed by atoms with Gasteiger partial charge >= 0.3 is 0 Å². The van der Waals surface area contributed by atoms with Gasteiger partial charge in [-0.15, -0.1) is 10.2 Å². The molecule has 2 heterocycles. The Kier molecular flexibility index (Phi) is 3.70. The molecule has 8 heteroatoms. The lowest BCUT2D eigenvalue weighted by atomic mass is 10.2. The zero-order chi connectivity index (χ0) is 17.4. The molecule has 1 amide bonds. The molecule has 2 aromatic heterocycles. The Labute approximate surface area is 147 Å². The molecule has 0 fully saturated rings. The fourth-order valence-corrected chi connectivity index (χ4v) is 2.80. The number of fused-ring (bicyclic) bond motifs is 1.